The third-order valence-corrected chi connectivity index (χ3v) is 2.37. The molecule has 9 heteroatoms. The van der Waals surface area contributed by atoms with Crippen molar-refractivity contribution in [2.24, 2.45) is 5.11 Å². The zero-order chi connectivity index (χ0) is 13.9. The highest BCUT2D eigenvalue weighted by Crippen LogP contribution is 2.24. The van der Waals surface area contributed by atoms with Gasteiger partial charge in [0, 0.05) is 11.0 Å². The minimum Gasteiger partial charge on any atom is -0.351 e. The van der Waals surface area contributed by atoms with Gasteiger partial charge in [-0.2, -0.15) is 20.2 Å². The van der Waals surface area contributed by atoms with Crippen LogP contribution in [0.4, 0.5) is 17.8 Å². The second-order valence-corrected chi connectivity index (χ2v) is 4.75. The van der Waals surface area contributed by atoms with Crippen molar-refractivity contribution < 1.29 is 0 Å². The lowest BCUT2D eigenvalue weighted by Gasteiger charge is -2.17. The molecule has 0 unspecified atom stereocenters. The van der Waals surface area contributed by atoms with Gasteiger partial charge in [0.1, 0.15) is 5.54 Å². The maximum Gasteiger partial charge on any atom is 0.229 e. The number of rotatable bonds is 5. The van der Waals surface area contributed by atoms with Crippen LogP contribution in [0.2, 0.25) is 0 Å². The first-order valence-electron chi connectivity index (χ1n) is 5.79. The molecule has 0 aromatic carbocycles. The molecular weight excluding hydrogens is 246 g/mol. The average Bonchev–Trinajstić information content (AvgIpc) is 3.12. The molecule has 1 saturated carbocycles. The van der Waals surface area contributed by atoms with Gasteiger partial charge in [-0.1, -0.05) is 0 Å². The van der Waals surface area contributed by atoms with Gasteiger partial charge in [-0.15, -0.1) is 0 Å². The molecule has 0 amide bonds. The molecule has 98 valence electrons. The van der Waals surface area contributed by atoms with Gasteiger partial charge >= 0.3 is 0 Å². The molecule has 0 aliphatic heterocycles. The molecule has 0 spiro atoms. The fraction of sp³-hybridized carbons (Fsp3) is 0.600. The first-order valence-corrected chi connectivity index (χ1v) is 5.79. The lowest BCUT2D eigenvalue weighted by Crippen LogP contribution is -2.29. The van der Waals surface area contributed by atoms with Gasteiger partial charge in [0.15, 0.2) is 0 Å². The van der Waals surface area contributed by atoms with Crippen molar-refractivity contribution in [3.05, 3.63) is 10.4 Å². The number of hydrogen-bond acceptors (Lipinski definition) is 7. The van der Waals surface area contributed by atoms with E-state index in [4.69, 9.17) is 10.8 Å². The van der Waals surface area contributed by atoms with Gasteiger partial charge in [-0.05, 0) is 37.3 Å². The molecule has 0 saturated heterocycles. The van der Waals surface area contributed by atoms with E-state index in [0.29, 0.717) is 12.0 Å². The Bertz CT molecular complexity index is 563. The van der Waals surface area contributed by atoms with Gasteiger partial charge in [-0.3, -0.25) is 0 Å². The molecule has 2 N–H and O–H groups in total. The van der Waals surface area contributed by atoms with Crippen LogP contribution in [0, 0.1) is 11.3 Å². The highest BCUT2D eigenvalue weighted by atomic mass is 15.3. The molecule has 1 aromatic heterocycles. The van der Waals surface area contributed by atoms with Crippen LogP contribution in [0.3, 0.4) is 0 Å². The molecule has 19 heavy (non-hydrogen) atoms. The van der Waals surface area contributed by atoms with Crippen molar-refractivity contribution >= 4 is 17.8 Å². The highest BCUT2D eigenvalue weighted by molar-refractivity contribution is 5.43. The third kappa shape index (κ3) is 3.69. The van der Waals surface area contributed by atoms with Gasteiger partial charge in [-0.25, -0.2) is 0 Å². The molecule has 0 atom stereocenters. The molecule has 1 heterocycles. The van der Waals surface area contributed by atoms with E-state index in [0.717, 1.165) is 12.8 Å². The van der Waals surface area contributed by atoms with Crippen molar-refractivity contribution in [1.82, 2.24) is 15.0 Å². The minimum absolute atomic E-state index is 0.0307. The van der Waals surface area contributed by atoms with E-state index in [9.17, 15) is 0 Å². The second kappa shape index (κ2) is 4.96. The second-order valence-electron chi connectivity index (χ2n) is 4.75. The van der Waals surface area contributed by atoms with Crippen LogP contribution in [-0.4, -0.2) is 26.5 Å². The quantitative estimate of drug-likeness (QED) is 0.472. The summed E-state index contributed by atoms with van der Waals surface area (Å²) in [4.78, 5) is 14.7. The lowest BCUT2D eigenvalue weighted by molar-refractivity contribution is 0.715. The van der Waals surface area contributed by atoms with E-state index in [1.807, 2.05) is 0 Å². The van der Waals surface area contributed by atoms with Gasteiger partial charge in [0.2, 0.25) is 17.8 Å². The first kappa shape index (κ1) is 12.9. The largest absolute Gasteiger partial charge is 0.351 e. The van der Waals surface area contributed by atoms with Crippen LogP contribution in [0.1, 0.15) is 26.7 Å². The van der Waals surface area contributed by atoms with E-state index in [-0.39, 0.29) is 11.9 Å². The van der Waals surface area contributed by atoms with E-state index in [1.54, 1.807) is 13.8 Å². The van der Waals surface area contributed by atoms with Crippen molar-refractivity contribution in [3.8, 4) is 6.07 Å². The fourth-order valence-electron chi connectivity index (χ4n) is 1.29. The number of nitrogens with zero attached hydrogens (tertiary/aromatic N) is 7. The van der Waals surface area contributed by atoms with Gasteiger partial charge < -0.3 is 10.6 Å². The maximum absolute atomic E-state index is 8.97. The standard InChI is InChI=1S/C10H13N9/c1-10(2,5-11)17-8-14-7(13-6-3-4-6)15-9(16-8)18-19-12/h6H,3-4H2,1-2H3,(H2,13,14,15,16,17). The van der Waals surface area contributed by atoms with Crippen LogP contribution in [0.5, 0.6) is 0 Å². The Morgan fingerprint density at radius 2 is 2.05 bits per heavy atom. The summed E-state index contributed by atoms with van der Waals surface area (Å²) in [6, 6.07) is 2.44. The number of anilines is 2. The maximum atomic E-state index is 8.97. The summed E-state index contributed by atoms with van der Waals surface area (Å²) in [6.07, 6.45) is 2.13. The number of aromatic nitrogens is 3. The Kier molecular flexibility index (Phi) is 3.35. The van der Waals surface area contributed by atoms with Crippen LogP contribution < -0.4 is 10.6 Å². The van der Waals surface area contributed by atoms with Crippen LogP contribution in [0.15, 0.2) is 5.11 Å². The Labute approximate surface area is 109 Å². The van der Waals surface area contributed by atoms with Crippen LogP contribution >= 0.6 is 0 Å². The summed E-state index contributed by atoms with van der Waals surface area (Å²) in [7, 11) is 0. The fourth-order valence-corrected chi connectivity index (χ4v) is 1.29. The SMILES string of the molecule is CC(C)(C#N)Nc1nc(N=[N+]=[N-])nc(NC2CC2)n1. The highest BCUT2D eigenvalue weighted by Gasteiger charge is 2.23. The van der Waals surface area contributed by atoms with Gasteiger partial charge in [0.05, 0.1) is 6.07 Å². The molecule has 1 aliphatic carbocycles. The molecule has 1 fully saturated rings. The summed E-state index contributed by atoms with van der Waals surface area (Å²) in [5.74, 6) is 0.514. The Hall–Kier alpha value is -2.59. The summed E-state index contributed by atoms with van der Waals surface area (Å²) >= 11 is 0. The predicted molar refractivity (Wildman–Crippen MR) is 68.6 cm³/mol. The summed E-state index contributed by atoms with van der Waals surface area (Å²) < 4.78 is 0. The molecule has 1 aliphatic rings. The third-order valence-electron chi connectivity index (χ3n) is 2.37. The zero-order valence-corrected chi connectivity index (χ0v) is 10.6. The van der Waals surface area contributed by atoms with E-state index in [1.165, 1.54) is 0 Å². The number of azide groups is 1. The lowest BCUT2D eigenvalue weighted by atomic mass is 10.1. The molecule has 1 aromatic rings. The first-order chi connectivity index (χ1) is 9.02. The smallest absolute Gasteiger partial charge is 0.229 e. The number of hydrogen-bond donors (Lipinski definition) is 2. The van der Waals surface area contributed by atoms with Crippen molar-refractivity contribution in [2.45, 2.75) is 38.3 Å². The number of nitrogens with one attached hydrogen (secondary N) is 2. The molecular formula is C10H13N9. The Morgan fingerprint density at radius 1 is 1.37 bits per heavy atom. The van der Waals surface area contributed by atoms with Crippen molar-refractivity contribution in [2.75, 3.05) is 10.6 Å². The average molecular weight is 259 g/mol. The Morgan fingerprint density at radius 3 is 2.63 bits per heavy atom. The predicted octanol–water partition coefficient (Wildman–Crippen LogP) is 2.10. The minimum atomic E-state index is -0.828. The summed E-state index contributed by atoms with van der Waals surface area (Å²) in [5.41, 5.74) is 7.61. The number of nitriles is 1. The van der Waals surface area contributed by atoms with E-state index in [2.05, 4.69) is 41.7 Å². The Balaban J connectivity index is 2.27. The van der Waals surface area contributed by atoms with Crippen molar-refractivity contribution in [3.63, 3.8) is 0 Å². The summed E-state index contributed by atoms with van der Waals surface area (Å²) in [5, 5.41) is 18.3. The van der Waals surface area contributed by atoms with Crippen molar-refractivity contribution in [1.29, 1.82) is 5.26 Å². The van der Waals surface area contributed by atoms with Crippen LogP contribution in [-0.2, 0) is 0 Å². The molecule has 9 nitrogen and oxygen atoms in total. The van der Waals surface area contributed by atoms with E-state index >= 15 is 0 Å². The van der Waals surface area contributed by atoms with Crippen LogP contribution in [0.25, 0.3) is 10.4 Å². The van der Waals surface area contributed by atoms with Gasteiger partial charge in [0.25, 0.3) is 0 Å². The normalized spacial score (nSPS) is 14.2. The molecule has 0 radical (unpaired) electrons. The van der Waals surface area contributed by atoms with E-state index < -0.39 is 5.54 Å². The summed E-state index contributed by atoms with van der Waals surface area (Å²) in [6.45, 7) is 3.38. The zero-order valence-electron chi connectivity index (χ0n) is 10.6. The topological polar surface area (TPSA) is 135 Å². The molecule has 0 bridgehead atoms. The molecule has 2 rings (SSSR count). The monoisotopic (exact) mass is 259 g/mol.